The third-order valence-corrected chi connectivity index (χ3v) is 8.69. The molecule has 40 heavy (non-hydrogen) atoms. The monoisotopic (exact) mass is 576 g/mol. The molecule has 0 spiro atoms. The van der Waals surface area contributed by atoms with Crippen molar-refractivity contribution in [1.82, 2.24) is 20.5 Å². The van der Waals surface area contributed by atoms with Gasteiger partial charge in [-0.3, -0.25) is 25.7 Å². The van der Waals surface area contributed by atoms with Gasteiger partial charge in [-0.1, -0.05) is 17.8 Å². The summed E-state index contributed by atoms with van der Waals surface area (Å²) in [7, 11) is 3.35. The average molecular weight is 577 g/mol. The van der Waals surface area contributed by atoms with Crippen molar-refractivity contribution in [3.05, 3.63) is 63.1 Å². The van der Waals surface area contributed by atoms with E-state index in [1.165, 1.54) is 11.0 Å². The van der Waals surface area contributed by atoms with E-state index < -0.39 is 40.0 Å². The van der Waals surface area contributed by atoms with E-state index in [0.29, 0.717) is 37.2 Å². The predicted molar refractivity (Wildman–Crippen MR) is 149 cm³/mol. The van der Waals surface area contributed by atoms with E-state index in [9.17, 15) is 28.6 Å². The Bertz CT molecular complexity index is 1370. The number of nitrogens with one attached hydrogen (secondary N) is 5. The Labute approximate surface area is 234 Å². The first-order valence-electron chi connectivity index (χ1n) is 13.0. The van der Waals surface area contributed by atoms with Crippen molar-refractivity contribution < 1.29 is 23.8 Å². The van der Waals surface area contributed by atoms with Gasteiger partial charge >= 0.3 is 0 Å². The van der Waals surface area contributed by atoms with E-state index in [2.05, 4.69) is 15.6 Å². The van der Waals surface area contributed by atoms with Crippen LogP contribution >= 0.6 is 11.8 Å². The van der Waals surface area contributed by atoms with Crippen LogP contribution in [-0.2, 0) is 6.42 Å². The largest absolute Gasteiger partial charge is 0.503 e. The number of benzene rings is 1. The molecule has 0 unspecified atom stereocenters. The number of hydrogen-bond acceptors (Lipinski definition) is 9. The van der Waals surface area contributed by atoms with Gasteiger partial charge in [0.1, 0.15) is 16.7 Å². The number of aromatic nitrogens is 1. The summed E-state index contributed by atoms with van der Waals surface area (Å²) in [6, 6.07) is 3.19. The van der Waals surface area contributed by atoms with Crippen LogP contribution in [0.3, 0.4) is 0 Å². The van der Waals surface area contributed by atoms with Crippen LogP contribution in [0.2, 0.25) is 0 Å². The third kappa shape index (κ3) is 6.43. The first-order chi connectivity index (χ1) is 18.9. The van der Waals surface area contributed by atoms with Crippen molar-refractivity contribution in [2.24, 2.45) is 0 Å². The summed E-state index contributed by atoms with van der Waals surface area (Å²) in [5.74, 6) is -3.01. The zero-order valence-electron chi connectivity index (χ0n) is 22.4. The summed E-state index contributed by atoms with van der Waals surface area (Å²) in [5.41, 5.74) is -2.74. The highest BCUT2D eigenvalue weighted by molar-refractivity contribution is 8.26. The smallest absolute Gasteiger partial charge is 0.275 e. The molecule has 4 rings (SSSR count). The van der Waals surface area contributed by atoms with Crippen LogP contribution in [-0.4, -0.2) is 74.0 Å². The average Bonchev–Trinajstić information content (AvgIpc) is 3.67. The number of carbonyl (C=O) groups is 1. The van der Waals surface area contributed by atoms with Gasteiger partial charge in [-0.25, -0.2) is 8.78 Å². The second-order valence-corrected chi connectivity index (χ2v) is 11.7. The lowest BCUT2D eigenvalue weighted by Gasteiger charge is -2.46. The van der Waals surface area contributed by atoms with E-state index in [1.54, 1.807) is 14.1 Å². The Morgan fingerprint density at radius 2 is 1.90 bits per heavy atom. The third-order valence-electron chi connectivity index (χ3n) is 7.88. The van der Waals surface area contributed by atoms with Gasteiger partial charge in [0, 0.05) is 38.3 Å². The number of halogens is 2. The summed E-state index contributed by atoms with van der Waals surface area (Å²) in [6.07, 6.45) is 5.29. The van der Waals surface area contributed by atoms with Crippen LogP contribution in [0, 0.1) is 22.5 Å². The highest BCUT2D eigenvalue weighted by Crippen LogP contribution is 2.36. The standard InChI is InChI=1S/C27H34F2N6O4S/c1-32-27(7-5-17(6-8-27)34-14-26(39)9-10-26)35(2)25(38)21-23(37)22(36)18(13-33-21)24(31)40-20(30)11-15-3-4-16(28)12-19(15)29/h3-4,12-13,17,30-32,34,37,39H,5-11,14H2,1-2H3,(H,33,36). The molecular formula is C27H34F2N6O4S. The number of rotatable bonds is 9. The number of aromatic hydroxyl groups is 1. The van der Waals surface area contributed by atoms with Crippen molar-refractivity contribution in [2.75, 3.05) is 20.6 Å². The van der Waals surface area contributed by atoms with Crippen molar-refractivity contribution >= 4 is 27.8 Å². The minimum Gasteiger partial charge on any atom is -0.503 e. The van der Waals surface area contributed by atoms with Gasteiger partial charge in [0.05, 0.1) is 21.9 Å². The van der Waals surface area contributed by atoms with Crippen LogP contribution < -0.4 is 16.1 Å². The number of aromatic amines is 1. The Hall–Kier alpha value is -3.13. The molecule has 10 nitrogen and oxygen atoms in total. The van der Waals surface area contributed by atoms with Gasteiger partial charge in [-0.05, 0) is 57.2 Å². The molecule has 2 saturated carbocycles. The summed E-state index contributed by atoms with van der Waals surface area (Å²) < 4.78 is 27.1. The normalized spacial score (nSPS) is 21.6. The SMILES string of the molecule is CNC1(N(C)C(=O)c2[nH]cc(C(=N)SC(=N)Cc3ccc(F)cc3F)c(=O)c2O)CCC(NCC2(O)CC2)CC1. The second-order valence-electron chi connectivity index (χ2n) is 10.5. The minimum atomic E-state index is -0.946. The van der Waals surface area contributed by atoms with Gasteiger partial charge in [-0.15, -0.1) is 0 Å². The topological polar surface area (TPSA) is 165 Å². The van der Waals surface area contributed by atoms with Crippen LogP contribution in [0.15, 0.2) is 29.2 Å². The molecular weight excluding hydrogens is 542 g/mol. The molecule has 216 valence electrons. The summed E-state index contributed by atoms with van der Waals surface area (Å²) in [5, 5.41) is 43.2. The van der Waals surface area contributed by atoms with Crippen molar-refractivity contribution in [3.63, 3.8) is 0 Å². The van der Waals surface area contributed by atoms with Crippen molar-refractivity contribution in [3.8, 4) is 5.75 Å². The second kappa shape index (κ2) is 11.8. The molecule has 0 radical (unpaired) electrons. The number of nitrogens with zero attached hydrogens (tertiary/aromatic N) is 1. The zero-order valence-corrected chi connectivity index (χ0v) is 23.2. The highest BCUT2D eigenvalue weighted by Gasteiger charge is 2.43. The van der Waals surface area contributed by atoms with Crippen LogP contribution in [0.4, 0.5) is 8.78 Å². The molecule has 1 aromatic heterocycles. The molecule has 2 aliphatic rings. The molecule has 7 N–H and O–H groups in total. The Morgan fingerprint density at radius 3 is 2.50 bits per heavy atom. The number of amides is 1. The number of carbonyl (C=O) groups excluding carboxylic acids is 1. The van der Waals surface area contributed by atoms with E-state index >= 15 is 0 Å². The quantitative estimate of drug-likeness (QED) is 0.137. The molecule has 0 saturated heterocycles. The first-order valence-corrected chi connectivity index (χ1v) is 13.9. The predicted octanol–water partition coefficient (Wildman–Crippen LogP) is 2.68. The van der Waals surface area contributed by atoms with E-state index in [1.807, 2.05) is 0 Å². The summed E-state index contributed by atoms with van der Waals surface area (Å²) in [6.45, 7) is 0.552. The molecule has 0 aliphatic heterocycles. The molecule has 0 atom stereocenters. The highest BCUT2D eigenvalue weighted by atomic mass is 32.2. The minimum absolute atomic E-state index is 0.0657. The molecule has 2 aromatic rings. The zero-order chi connectivity index (χ0) is 29.2. The fourth-order valence-electron chi connectivity index (χ4n) is 4.97. The Kier molecular flexibility index (Phi) is 8.78. The fraction of sp³-hybridized carbons (Fsp3) is 0.481. The molecule has 2 fully saturated rings. The van der Waals surface area contributed by atoms with Gasteiger partial charge < -0.3 is 25.4 Å². The number of pyridine rings is 1. The lowest BCUT2D eigenvalue weighted by atomic mass is 9.84. The van der Waals surface area contributed by atoms with E-state index in [4.69, 9.17) is 10.8 Å². The summed E-state index contributed by atoms with van der Waals surface area (Å²) >= 11 is 0.587. The lowest BCUT2D eigenvalue weighted by Crippen LogP contribution is -2.61. The molecule has 13 heteroatoms. The van der Waals surface area contributed by atoms with E-state index in [-0.39, 0.29) is 39.4 Å². The van der Waals surface area contributed by atoms with Gasteiger partial charge in [0.25, 0.3) is 5.91 Å². The maximum Gasteiger partial charge on any atom is 0.275 e. The van der Waals surface area contributed by atoms with Gasteiger partial charge in [0.2, 0.25) is 5.43 Å². The van der Waals surface area contributed by atoms with Crippen LogP contribution in [0.5, 0.6) is 5.75 Å². The molecule has 2 aliphatic carbocycles. The maximum atomic E-state index is 13.9. The fourth-order valence-corrected chi connectivity index (χ4v) is 5.71. The van der Waals surface area contributed by atoms with Crippen LogP contribution in [0.25, 0.3) is 0 Å². The molecule has 1 aromatic carbocycles. The molecule has 0 bridgehead atoms. The Balaban J connectivity index is 1.41. The molecule has 1 heterocycles. The van der Waals surface area contributed by atoms with E-state index in [0.717, 1.165) is 37.9 Å². The van der Waals surface area contributed by atoms with Crippen molar-refractivity contribution in [1.29, 1.82) is 10.8 Å². The number of hydrogen-bond donors (Lipinski definition) is 7. The van der Waals surface area contributed by atoms with Crippen LogP contribution in [0.1, 0.15) is 60.1 Å². The Morgan fingerprint density at radius 1 is 1.23 bits per heavy atom. The number of H-pyrrole nitrogens is 1. The molecule has 1 amide bonds. The summed E-state index contributed by atoms with van der Waals surface area (Å²) in [4.78, 5) is 30.4. The van der Waals surface area contributed by atoms with Crippen molar-refractivity contribution in [2.45, 2.75) is 62.3 Å². The number of aliphatic hydroxyl groups is 1. The first kappa shape index (κ1) is 29.8. The maximum absolute atomic E-state index is 13.9. The van der Waals surface area contributed by atoms with Gasteiger partial charge in [0.15, 0.2) is 11.4 Å². The van der Waals surface area contributed by atoms with Gasteiger partial charge in [-0.2, -0.15) is 0 Å². The number of thioether (sulfide) groups is 1. The lowest BCUT2D eigenvalue weighted by molar-refractivity contribution is 0.0273.